The van der Waals surface area contributed by atoms with Crippen LogP contribution in [-0.2, 0) is 17.9 Å². The molecule has 0 aliphatic heterocycles. The molecule has 0 saturated heterocycles. The fourth-order valence-electron chi connectivity index (χ4n) is 2.64. The van der Waals surface area contributed by atoms with E-state index in [0.717, 1.165) is 23.8 Å². The maximum atomic E-state index is 12.4. The van der Waals surface area contributed by atoms with Crippen molar-refractivity contribution in [2.45, 2.75) is 33.0 Å². The zero-order valence-corrected chi connectivity index (χ0v) is 13.8. The Labute approximate surface area is 140 Å². The second-order valence-electron chi connectivity index (χ2n) is 5.47. The molecule has 0 fully saturated rings. The minimum atomic E-state index is -0.205. The van der Waals surface area contributed by atoms with Gasteiger partial charge in [-0.25, -0.2) is 14.6 Å². The minimum absolute atomic E-state index is 0.0941. The van der Waals surface area contributed by atoms with Gasteiger partial charge in [0.25, 0.3) is 0 Å². The molecule has 24 heavy (non-hydrogen) atoms. The fraction of sp³-hybridized carbons (Fsp3) is 0.294. The SMILES string of the molecule is CCn1ncnc1[C@H](C)NC(=O)Cn1ccnc1-c1ccccc1. The molecule has 1 atom stereocenters. The summed E-state index contributed by atoms with van der Waals surface area (Å²) in [4.78, 5) is 21.0. The van der Waals surface area contributed by atoms with Crippen LogP contribution in [0.5, 0.6) is 0 Å². The summed E-state index contributed by atoms with van der Waals surface area (Å²) in [6.45, 7) is 4.81. The largest absolute Gasteiger partial charge is 0.345 e. The monoisotopic (exact) mass is 324 g/mol. The highest BCUT2D eigenvalue weighted by atomic mass is 16.2. The first kappa shape index (κ1) is 15.9. The van der Waals surface area contributed by atoms with Crippen LogP contribution in [-0.4, -0.2) is 30.2 Å². The van der Waals surface area contributed by atoms with Crippen LogP contribution in [0.1, 0.15) is 25.7 Å². The number of imidazole rings is 1. The Bertz CT molecular complexity index is 807. The van der Waals surface area contributed by atoms with Crippen molar-refractivity contribution < 1.29 is 4.79 Å². The summed E-state index contributed by atoms with van der Waals surface area (Å²) < 4.78 is 3.61. The molecule has 1 amide bonds. The van der Waals surface area contributed by atoms with Gasteiger partial charge < -0.3 is 9.88 Å². The summed E-state index contributed by atoms with van der Waals surface area (Å²) in [5.74, 6) is 1.43. The highest BCUT2D eigenvalue weighted by Gasteiger charge is 2.16. The summed E-state index contributed by atoms with van der Waals surface area (Å²) in [6, 6.07) is 9.60. The van der Waals surface area contributed by atoms with Crippen molar-refractivity contribution in [2.24, 2.45) is 0 Å². The Morgan fingerprint density at radius 2 is 2.04 bits per heavy atom. The molecule has 124 valence electrons. The summed E-state index contributed by atoms with van der Waals surface area (Å²) in [7, 11) is 0. The molecule has 0 bridgehead atoms. The standard InChI is InChI=1S/C17H20N6O/c1-3-23-16(19-12-20-23)13(2)21-15(24)11-22-10-9-18-17(22)14-7-5-4-6-8-14/h4-10,12-13H,3,11H2,1-2H3,(H,21,24)/t13-/m0/s1. The van der Waals surface area contributed by atoms with E-state index in [1.165, 1.54) is 6.33 Å². The van der Waals surface area contributed by atoms with Gasteiger partial charge in [0.15, 0.2) is 0 Å². The number of carbonyl (C=O) groups excluding carboxylic acids is 1. The van der Waals surface area contributed by atoms with Crippen LogP contribution in [0, 0.1) is 0 Å². The van der Waals surface area contributed by atoms with Gasteiger partial charge in [-0.05, 0) is 13.8 Å². The smallest absolute Gasteiger partial charge is 0.240 e. The summed E-state index contributed by atoms with van der Waals surface area (Å²) >= 11 is 0. The van der Waals surface area contributed by atoms with Crippen molar-refractivity contribution in [1.29, 1.82) is 0 Å². The van der Waals surface area contributed by atoms with E-state index in [4.69, 9.17) is 0 Å². The third-order valence-electron chi connectivity index (χ3n) is 3.77. The topological polar surface area (TPSA) is 77.6 Å². The highest BCUT2D eigenvalue weighted by Crippen LogP contribution is 2.16. The average Bonchev–Trinajstić information content (AvgIpc) is 3.24. The zero-order valence-electron chi connectivity index (χ0n) is 13.8. The van der Waals surface area contributed by atoms with Gasteiger partial charge in [-0.1, -0.05) is 30.3 Å². The minimum Gasteiger partial charge on any atom is -0.345 e. The number of rotatable bonds is 6. The quantitative estimate of drug-likeness (QED) is 0.752. The lowest BCUT2D eigenvalue weighted by molar-refractivity contribution is -0.122. The number of nitrogens with zero attached hydrogens (tertiary/aromatic N) is 5. The molecule has 7 heteroatoms. The predicted octanol–water partition coefficient (Wildman–Crippen LogP) is 2.04. The van der Waals surface area contributed by atoms with Crippen LogP contribution >= 0.6 is 0 Å². The number of benzene rings is 1. The van der Waals surface area contributed by atoms with Gasteiger partial charge in [0.2, 0.25) is 5.91 Å². The molecule has 0 aliphatic carbocycles. The van der Waals surface area contributed by atoms with Crippen LogP contribution in [0.3, 0.4) is 0 Å². The third-order valence-corrected chi connectivity index (χ3v) is 3.77. The van der Waals surface area contributed by atoms with Crippen LogP contribution in [0.4, 0.5) is 0 Å². The molecule has 0 unspecified atom stereocenters. The molecule has 0 aliphatic rings. The van der Waals surface area contributed by atoms with Gasteiger partial charge in [-0.15, -0.1) is 0 Å². The van der Waals surface area contributed by atoms with E-state index in [1.807, 2.05) is 48.7 Å². The number of nitrogens with one attached hydrogen (secondary N) is 1. The van der Waals surface area contributed by atoms with E-state index in [0.29, 0.717) is 0 Å². The maximum Gasteiger partial charge on any atom is 0.240 e. The van der Waals surface area contributed by atoms with Crippen molar-refractivity contribution >= 4 is 5.91 Å². The van der Waals surface area contributed by atoms with Crippen molar-refractivity contribution in [3.05, 3.63) is 54.9 Å². The number of aryl methyl sites for hydroxylation is 1. The zero-order chi connectivity index (χ0) is 16.9. The molecule has 0 saturated carbocycles. The molecule has 7 nitrogen and oxygen atoms in total. The van der Waals surface area contributed by atoms with Gasteiger partial charge >= 0.3 is 0 Å². The Morgan fingerprint density at radius 1 is 1.25 bits per heavy atom. The first-order valence-corrected chi connectivity index (χ1v) is 7.92. The van der Waals surface area contributed by atoms with Gasteiger partial charge in [0.1, 0.15) is 24.5 Å². The Kier molecular flexibility index (Phi) is 4.69. The molecule has 2 aromatic heterocycles. The molecular formula is C17H20N6O. The third kappa shape index (κ3) is 3.34. The van der Waals surface area contributed by atoms with Crippen molar-refractivity contribution in [3.8, 4) is 11.4 Å². The molecule has 1 aromatic carbocycles. The van der Waals surface area contributed by atoms with E-state index >= 15 is 0 Å². The van der Waals surface area contributed by atoms with E-state index in [9.17, 15) is 4.79 Å². The number of aromatic nitrogens is 5. The van der Waals surface area contributed by atoms with E-state index in [-0.39, 0.29) is 18.5 Å². The molecule has 0 radical (unpaired) electrons. The average molecular weight is 324 g/mol. The van der Waals surface area contributed by atoms with Crippen molar-refractivity contribution in [2.75, 3.05) is 0 Å². The fourth-order valence-corrected chi connectivity index (χ4v) is 2.64. The first-order valence-electron chi connectivity index (χ1n) is 7.92. The van der Waals surface area contributed by atoms with Gasteiger partial charge in [0.05, 0.1) is 6.04 Å². The summed E-state index contributed by atoms with van der Waals surface area (Å²) in [6.07, 6.45) is 5.01. The molecule has 2 heterocycles. The van der Waals surface area contributed by atoms with Gasteiger partial charge in [-0.3, -0.25) is 4.79 Å². The lowest BCUT2D eigenvalue weighted by Crippen LogP contribution is -2.31. The van der Waals surface area contributed by atoms with Crippen molar-refractivity contribution in [3.63, 3.8) is 0 Å². The molecule has 3 rings (SSSR count). The molecule has 1 N–H and O–H groups in total. The van der Waals surface area contributed by atoms with Crippen LogP contribution < -0.4 is 5.32 Å². The van der Waals surface area contributed by atoms with Crippen LogP contribution in [0.15, 0.2) is 49.1 Å². The number of amides is 1. The maximum absolute atomic E-state index is 12.4. The molecule has 0 spiro atoms. The molecule has 3 aromatic rings. The first-order chi connectivity index (χ1) is 11.7. The van der Waals surface area contributed by atoms with E-state index < -0.39 is 0 Å². The van der Waals surface area contributed by atoms with Crippen molar-refractivity contribution in [1.82, 2.24) is 29.6 Å². The lowest BCUT2D eigenvalue weighted by atomic mass is 10.2. The summed E-state index contributed by atoms with van der Waals surface area (Å²) in [5, 5.41) is 7.09. The van der Waals surface area contributed by atoms with Gasteiger partial charge in [-0.2, -0.15) is 5.10 Å². The summed E-state index contributed by atoms with van der Waals surface area (Å²) in [5.41, 5.74) is 0.981. The molecular weight excluding hydrogens is 304 g/mol. The Hall–Kier alpha value is -2.96. The predicted molar refractivity (Wildman–Crippen MR) is 89.9 cm³/mol. The normalized spacial score (nSPS) is 12.1. The van der Waals surface area contributed by atoms with Gasteiger partial charge in [0, 0.05) is 24.5 Å². The van der Waals surface area contributed by atoms with E-state index in [1.54, 1.807) is 17.1 Å². The van der Waals surface area contributed by atoms with Crippen LogP contribution in [0.25, 0.3) is 11.4 Å². The number of carbonyl (C=O) groups is 1. The Morgan fingerprint density at radius 3 is 2.79 bits per heavy atom. The lowest BCUT2D eigenvalue weighted by Gasteiger charge is -2.15. The van der Waals surface area contributed by atoms with E-state index in [2.05, 4.69) is 20.4 Å². The number of hydrogen-bond donors (Lipinski definition) is 1. The second kappa shape index (κ2) is 7.08. The Balaban J connectivity index is 1.69. The second-order valence-corrected chi connectivity index (χ2v) is 5.47. The van der Waals surface area contributed by atoms with Crippen LogP contribution in [0.2, 0.25) is 0 Å². The highest BCUT2D eigenvalue weighted by molar-refractivity contribution is 5.76. The number of hydrogen-bond acceptors (Lipinski definition) is 4.